The van der Waals surface area contributed by atoms with Gasteiger partial charge in [0.2, 0.25) is 5.91 Å². The minimum absolute atomic E-state index is 0.0735. The summed E-state index contributed by atoms with van der Waals surface area (Å²) in [7, 11) is 0. The molecule has 8 heteroatoms. The normalized spacial score (nSPS) is 15.8. The quantitative estimate of drug-likeness (QED) is 0.701. The molecule has 0 unspecified atom stereocenters. The molecule has 1 aliphatic heterocycles. The second-order valence-electron chi connectivity index (χ2n) is 6.85. The van der Waals surface area contributed by atoms with E-state index in [1.54, 1.807) is 10.6 Å². The molecule has 3 rings (SSSR count). The molecule has 0 bridgehead atoms. The molecular weight excluding hydrogens is 397 g/mol. The van der Waals surface area contributed by atoms with E-state index in [1.165, 1.54) is 35.2 Å². The number of likely N-dealkylation sites (tertiary alicyclic amines) is 1. The molecule has 2 aromatic rings. The standard InChI is InChI=1S/C20H22FN3O2S2/c1-3-8-24-16-5-4-15(21)11-17(16)28-20(24)22-18(25)12-27-13-19(26)23-9-6-14(2)7-10-23/h1,4-5,11,14H,6-10,12-13H2,2H3. The van der Waals surface area contributed by atoms with Gasteiger partial charge in [-0.15, -0.1) is 18.2 Å². The number of piperidine rings is 1. The molecule has 1 saturated heterocycles. The lowest BCUT2D eigenvalue weighted by atomic mass is 9.99. The molecule has 0 atom stereocenters. The van der Waals surface area contributed by atoms with Crippen LogP contribution >= 0.6 is 23.1 Å². The second kappa shape index (κ2) is 9.39. The number of benzene rings is 1. The molecule has 148 valence electrons. The van der Waals surface area contributed by atoms with E-state index >= 15 is 0 Å². The highest BCUT2D eigenvalue weighted by atomic mass is 32.2. The predicted octanol–water partition coefficient (Wildman–Crippen LogP) is 2.89. The third-order valence-corrected chi connectivity index (χ3v) is 6.65. The Kier molecular flexibility index (Phi) is 6.92. The lowest BCUT2D eigenvalue weighted by molar-refractivity contribution is -0.129. The highest BCUT2D eigenvalue weighted by molar-refractivity contribution is 8.00. The van der Waals surface area contributed by atoms with Crippen molar-refractivity contribution >= 4 is 45.1 Å². The number of carbonyl (C=O) groups excluding carboxylic acids is 2. The zero-order valence-corrected chi connectivity index (χ0v) is 17.3. The molecule has 0 radical (unpaired) electrons. The smallest absolute Gasteiger partial charge is 0.258 e. The average Bonchev–Trinajstić information content (AvgIpc) is 2.98. The molecule has 1 aromatic heterocycles. The summed E-state index contributed by atoms with van der Waals surface area (Å²) in [6.45, 7) is 4.04. The van der Waals surface area contributed by atoms with Gasteiger partial charge in [0.1, 0.15) is 5.82 Å². The summed E-state index contributed by atoms with van der Waals surface area (Å²) in [5.41, 5.74) is 0.748. The summed E-state index contributed by atoms with van der Waals surface area (Å²) in [6.07, 6.45) is 7.49. The predicted molar refractivity (Wildman–Crippen MR) is 111 cm³/mol. The van der Waals surface area contributed by atoms with Crippen molar-refractivity contribution < 1.29 is 14.0 Å². The van der Waals surface area contributed by atoms with Crippen molar-refractivity contribution in [3.05, 3.63) is 28.8 Å². The first-order valence-corrected chi connectivity index (χ1v) is 11.1. The number of fused-ring (bicyclic) bond motifs is 1. The fraction of sp³-hybridized carbons (Fsp3) is 0.450. The van der Waals surface area contributed by atoms with Gasteiger partial charge < -0.3 is 9.47 Å². The second-order valence-corrected chi connectivity index (χ2v) is 8.84. The van der Waals surface area contributed by atoms with Gasteiger partial charge in [-0.2, -0.15) is 4.99 Å². The first-order valence-electron chi connectivity index (χ1n) is 9.13. The first-order chi connectivity index (χ1) is 13.5. The minimum atomic E-state index is -0.347. The van der Waals surface area contributed by atoms with Crippen LogP contribution in [0.2, 0.25) is 0 Å². The SMILES string of the molecule is C#CCn1c(=NC(=O)CSCC(=O)N2CCC(C)CC2)sc2cc(F)ccc21. The fourth-order valence-electron chi connectivity index (χ4n) is 3.09. The van der Waals surface area contributed by atoms with Crippen molar-refractivity contribution in [2.24, 2.45) is 10.9 Å². The Balaban J connectivity index is 1.63. The summed E-state index contributed by atoms with van der Waals surface area (Å²) in [4.78, 5) is 31.0. The highest BCUT2D eigenvalue weighted by Crippen LogP contribution is 2.19. The maximum Gasteiger partial charge on any atom is 0.258 e. The topological polar surface area (TPSA) is 54.7 Å². The van der Waals surface area contributed by atoms with Gasteiger partial charge in [0.05, 0.1) is 28.3 Å². The van der Waals surface area contributed by atoms with Gasteiger partial charge >= 0.3 is 0 Å². The Morgan fingerprint density at radius 3 is 2.82 bits per heavy atom. The van der Waals surface area contributed by atoms with Crippen LogP contribution in [-0.4, -0.2) is 45.9 Å². The van der Waals surface area contributed by atoms with E-state index in [0.717, 1.165) is 31.4 Å². The molecular formula is C20H22FN3O2S2. The average molecular weight is 420 g/mol. The third kappa shape index (κ3) is 5.03. The number of rotatable bonds is 5. The third-order valence-electron chi connectivity index (χ3n) is 4.70. The molecule has 1 aromatic carbocycles. The van der Waals surface area contributed by atoms with Gasteiger partial charge in [-0.05, 0) is 37.0 Å². The van der Waals surface area contributed by atoms with E-state index in [1.807, 2.05) is 4.90 Å². The Hall–Kier alpha value is -2.11. The lowest BCUT2D eigenvalue weighted by Crippen LogP contribution is -2.39. The maximum absolute atomic E-state index is 13.5. The Bertz CT molecular complexity index is 981. The van der Waals surface area contributed by atoms with E-state index in [4.69, 9.17) is 6.42 Å². The van der Waals surface area contributed by atoms with Crippen LogP contribution in [0.4, 0.5) is 4.39 Å². The highest BCUT2D eigenvalue weighted by Gasteiger charge is 2.20. The number of aromatic nitrogens is 1. The number of thioether (sulfide) groups is 1. The number of hydrogen-bond donors (Lipinski definition) is 0. The molecule has 0 spiro atoms. The largest absolute Gasteiger partial charge is 0.342 e. The Morgan fingerprint density at radius 2 is 2.11 bits per heavy atom. The number of amides is 2. The monoisotopic (exact) mass is 419 g/mol. The first kappa shape index (κ1) is 20.6. The summed E-state index contributed by atoms with van der Waals surface area (Å²) >= 11 is 2.50. The van der Waals surface area contributed by atoms with Gasteiger partial charge in [-0.1, -0.05) is 24.2 Å². The maximum atomic E-state index is 13.5. The van der Waals surface area contributed by atoms with E-state index in [-0.39, 0.29) is 35.7 Å². The van der Waals surface area contributed by atoms with Gasteiger partial charge in [-0.25, -0.2) is 4.39 Å². The van der Waals surface area contributed by atoms with E-state index in [9.17, 15) is 14.0 Å². The van der Waals surface area contributed by atoms with Gasteiger partial charge in [-0.3, -0.25) is 9.59 Å². The van der Waals surface area contributed by atoms with Crippen molar-refractivity contribution in [1.29, 1.82) is 0 Å². The van der Waals surface area contributed by atoms with E-state index in [0.29, 0.717) is 15.4 Å². The zero-order valence-electron chi connectivity index (χ0n) is 15.7. The van der Waals surface area contributed by atoms with Crippen LogP contribution in [0.5, 0.6) is 0 Å². The van der Waals surface area contributed by atoms with Crippen molar-refractivity contribution in [3.63, 3.8) is 0 Å². The molecule has 2 amide bonds. The molecule has 0 saturated carbocycles. The molecule has 1 aliphatic rings. The fourth-order valence-corrected chi connectivity index (χ4v) is 4.86. The number of hydrogen-bond acceptors (Lipinski definition) is 4. The number of halogens is 1. The van der Waals surface area contributed by atoms with Crippen LogP contribution < -0.4 is 4.80 Å². The lowest BCUT2D eigenvalue weighted by Gasteiger charge is -2.30. The number of nitrogens with zero attached hydrogens (tertiary/aromatic N) is 3. The summed E-state index contributed by atoms with van der Waals surface area (Å²) in [6, 6.07) is 4.40. The van der Waals surface area contributed by atoms with Gasteiger partial charge in [0.25, 0.3) is 5.91 Å². The molecule has 1 fully saturated rings. The Labute approximate surface area is 171 Å². The summed E-state index contributed by atoms with van der Waals surface area (Å²) < 4.78 is 15.9. The van der Waals surface area contributed by atoms with Crippen LogP contribution in [0, 0.1) is 24.1 Å². The van der Waals surface area contributed by atoms with Crippen molar-refractivity contribution in [1.82, 2.24) is 9.47 Å². The molecule has 2 heterocycles. The number of carbonyl (C=O) groups is 2. The van der Waals surface area contributed by atoms with E-state index in [2.05, 4.69) is 17.8 Å². The van der Waals surface area contributed by atoms with Crippen LogP contribution in [0.25, 0.3) is 10.2 Å². The minimum Gasteiger partial charge on any atom is -0.342 e. The molecule has 0 N–H and O–H groups in total. The van der Waals surface area contributed by atoms with Crippen LogP contribution in [-0.2, 0) is 16.1 Å². The zero-order chi connectivity index (χ0) is 20.1. The van der Waals surface area contributed by atoms with Crippen LogP contribution in [0.3, 0.4) is 0 Å². The summed E-state index contributed by atoms with van der Waals surface area (Å²) in [5, 5.41) is 0. The van der Waals surface area contributed by atoms with Crippen molar-refractivity contribution in [3.8, 4) is 12.3 Å². The molecule has 5 nitrogen and oxygen atoms in total. The molecule has 0 aliphatic carbocycles. The van der Waals surface area contributed by atoms with Crippen LogP contribution in [0.15, 0.2) is 23.2 Å². The summed E-state index contributed by atoms with van der Waals surface area (Å²) in [5.74, 6) is 3.00. The van der Waals surface area contributed by atoms with Crippen LogP contribution in [0.1, 0.15) is 19.8 Å². The van der Waals surface area contributed by atoms with Crippen molar-refractivity contribution in [2.45, 2.75) is 26.3 Å². The van der Waals surface area contributed by atoms with E-state index < -0.39 is 0 Å². The van der Waals surface area contributed by atoms with Gasteiger partial charge in [0.15, 0.2) is 4.80 Å². The van der Waals surface area contributed by atoms with Gasteiger partial charge in [0, 0.05) is 13.1 Å². The Morgan fingerprint density at radius 1 is 1.36 bits per heavy atom. The molecule has 28 heavy (non-hydrogen) atoms. The number of terminal acetylenes is 1. The van der Waals surface area contributed by atoms with Crippen molar-refractivity contribution in [2.75, 3.05) is 24.6 Å². The number of thiazole rings is 1.